The molecule has 2 N–H and O–H groups in total. The summed E-state index contributed by atoms with van der Waals surface area (Å²) in [6.45, 7) is 5.59. The lowest BCUT2D eigenvalue weighted by Gasteiger charge is -2.20. The maximum absolute atomic E-state index is 11.6. The molecule has 0 heterocycles. The third-order valence-electron chi connectivity index (χ3n) is 2.26. The van der Waals surface area contributed by atoms with Gasteiger partial charge in [-0.25, -0.2) is 9.59 Å². The largest absolute Gasteiger partial charge is 0.462 e. The van der Waals surface area contributed by atoms with Crippen LogP contribution in [0.1, 0.15) is 33.6 Å². The SMILES string of the molecule is CCCCOC(=O)NC(C(=O)OCCO)C(C)C. The summed E-state index contributed by atoms with van der Waals surface area (Å²) < 4.78 is 9.69. The molecule has 0 saturated heterocycles. The molecule has 18 heavy (non-hydrogen) atoms. The molecule has 106 valence electrons. The van der Waals surface area contributed by atoms with Crippen LogP contribution in [0, 0.1) is 5.92 Å². The van der Waals surface area contributed by atoms with E-state index >= 15 is 0 Å². The topological polar surface area (TPSA) is 84.9 Å². The van der Waals surface area contributed by atoms with E-state index in [1.165, 1.54) is 0 Å². The molecule has 0 fully saturated rings. The molecule has 0 spiro atoms. The third-order valence-corrected chi connectivity index (χ3v) is 2.26. The first-order valence-corrected chi connectivity index (χ1v) is 6.23. The average molecular weight is 261 g/mol. The monoisotopic (exact) mass is 261 g/mol. The van der Waals surface area contributed by atoms with E-state index in [0.29, 0.717) is 6.61 Å². The lowest BCUT2D eigenvalue weighted by molar-refractivity contribution is -0.148. The molecule has 0 radical (unpaired) electrons. The van der Waals surface area contributed by atoms with Crippen LogP contribution in [-0.4, -0.2) is 43.0 Å². The second-order valence-electron chi connectivity index (χ2n) is 4.25. The minimum atomic E-state index is -0.759. The van der Waals surface area contributed by atoms with Crippen molar-refractivity contribution >= 4 is 12.1 Å². The standard InChI is InChI=1S/C12H23NO5/c1-4-5-7-18-12(16)13-10(9(2)3)11(15)17-8-6-14/h9-10,14H,4-8H2,1-3H3,(H,13,16). The number of aliphatic hydroxyl groups excluding tert-OH is 1. The number of hydrogen-bond acceptors (Lipinski definition) is 5. The highest BCUT2D eigenvalue weighted by Gasteiger charge is 2.26. The van der Waals surface area contributed by atoms with E-state index in [1.54, 1.807) is 13.8 Å². The molecule has 1 atom stereocenters. The lowest BCUT2D eigenvalue weighted by Crippen LogP contribution is -2.45. The number of nitrogens with one attached hydrogen (secondary N) is 1. The number of hydrogen-bond donors (Lipinski definition) is 2. The molecule has 0 aromatic rings. The van der Waals surface area contributed by atoms with Crippen LogP contribution >= 0.6 is 0 Å². The maximum Gasteiger partial charge on any atom is 0.407 e. The summed E-state index contributed by atoms with van der Waals surface area (Å²) in [6, 6.07) is -0.759. The lowest BCUT2D eigenvalue weighted by atomic mass is 10.1. The van der Waals surface area contributed by atoms with Gasteiger partial charge in [-0.3, -0.25) is 0 Å². The Bertz CT molecular complexity index is 255. The Morgan fingerprint density at radius 2 is 1.89 bits per heavy atom. The summed E-state index contributed by atoms with van der Waals surface area (Å²) in [5.74, 6) is -0.679. The Morgan fingerprint density at radius 1 is 1.22 bits per heavy atom. The van der Waals surface area contributed by atoms with Gasteiger partial charge in [0.25, 0.3) is 0 Å². The second-order valence-corrected chi connectivity index (χ2v) is 4.25. The van der Waals surface area contributed by atoms with Gasteiger partial charge in [0.1, 0.15) is 12.6 Å². The number of rotatable bonds is 8. The smallest absolute Gasteiger partial charge is 0.407 e. The molecule has 6 nitrogen and oxygen atoms in total. The zero-order valence-corrected chi connectivity index (χ0v) is 11.3. The molecule has 0 aromatic heterocycles. The highest BCUT2D eigenvalue weighted by molar-refractivity contribution is 5.81. The Balaban J connectivity index is 4.17. The number of unbranched alkanes of at least 4 members (excludes halogenated alkanes) is 1. The number of amides is 1. The Hall–Kier alpha value is -1.30. The van der Waals surface area contributed by atoms with E-state index < -0.39 is 18.1 Å². The van der Waals surface area contributed by atoms with E-state index in [-0.39, 0.29) is 19.1 Å². The first-order valence-electron chi connectivity index (χ1n) is 6.23. The van der Waals surface area contributed by atoms with E-state index in [1.807, 2.05) is 6.92 Å². The molecule has 0 aromatic carbocycles. The van der Waals surface area contributed by atoms with E-state index in [4.69, 9.17) is 14.6 Å². The van der Waals surface area contributed by atoms with E-state index in [0.717, 1.165) is 12.8 Å². The Labute approximate surface area is 108 Å². The van der Waals surface area contributed by atoms with Crippen molar-refractivity contribution in [3.63, 3.8) is 0 Å². The molecule has 0 aliphatic carbocycles. The minimum absolute atomic E-state index is 0.0748. The van der Waals surface area contributed by atoms with Gasteiger partial charge in [0.05, 0.1) is 13.2 Å². The summed E-state index contributed by atoms with van der Waals surface area (Å²) in [7, 11) is 0. The quantitative estimate of drug-likeness (QED) is 0.504. The summed E-state index contributed by atoms with van der Waals surface area (Å²) in [5.41, 5.74) is 0. The number of esters is 1. The normalized spacial score (nSPS) is 12.1. The van der Waals surface area contributed by atoms with Crippen LogP contribution in [0.4, 0.5) is 4.79 Å². The van der Waals surface area contributed by atoms with Crippen LogP contribution in [0.2, 0.25) is 0 Å². The first-order chi connectivity index (χ1) is 8.52. The van der Waals surface area contributed by atoms with Crippen molar-refractivity contribution in [1.82, 2.24) is 5.32 Å². The van der Waals surface area contributed by atoms with Crippen molar-refractivity contribution < 1.29 is 24.2 Å². The van der Waals surface area contributed by atoms with Crippen molar-refractivity contribution in [3.8, 4) is 0 Å². The van der Waals surface area contributed by atoms with Crippen molar-refractivity contribution in [2.45, 2.75) is 39.7 Å². The summed E-state index contributed by atoms with van der Waals surface area (Å²) in [4.78, 5) is 23.0. The van der Waals surface area contributed by atoms with Crippen molar-refractivity contribution in [2.24, 2.45) is 5.92 Å². The predicted octanol–water partition coefficient (Wildman–Crippen LogP) is 1.07. The number of carbonyl (C=O) groups excluding carboxylic acids is 2. The number of aliphatic hydroxyl groups is 1. The molecule has 0 aliphatic rings. The van der Waals surface area contributed by atoms with Gasteiger partial charge in [-0.15, -0.1) is 0 Å². The van der Waals surface area contributed by atoms with Gasteiger partial charge in [0.2, 0.25) is 0 Å². The average Bonchev–Trinajstić information content (AvgIpc) is 2.33. The molecule has 1 amide bonds. The van der Waals surface area contributed by atoms with Gasteiger partial charge in [0.15, 0.2) is 0 Å². The molecule has 0 bridgehead atoms. The molecule has 0 aliphatic heterocycles. The molecule has 1 unspecified atom stereocenters. The van der Waals surface area contributed by atoms with Crippen molar-refractivity contribution in [2.75, 3.05) is 19.8 Å². The highest BCUT2D eigenvalue weighted by Crippen LogP contribution is 2.04. The molecule has 0 saturated carbocycles. The molecular formula is C12H23NO5. The highest BCUT2D eigenvalue weighted by atomic mass is 16.6. The van der Waals surface area contributed by atoms with Gasteiger partial charge in [-0.2, -0.15) is 0 Å². The zero-order valence-electron chi connectivity index (χ0n) is 11.3. The van der Waals surface area contributed by atoms with Crippen LogP contribution < -0.4 is 5.32 Å². The zero-order chi connectivity index (χ0) is 14.0. The van der Waals surface area contributed by atoms with Gasteiger partial charge in [-0.1, -0.05) is 27.2 Å². The van der Waals surface area contributed by atoms with E-state index in [2.05, 4.69) is 5.32 Å². The summed E-state index contributed by atoms with van der Waals surface area (Å²) in [5, 5.41) is 11.0. The summed E-state index contributed by atoms with van der Waals surface area (Å²) in [6.07, 6.45) is 1.09. The molecule has 6 heteroatoms. The third kappa shape index (κ3) is 7.11. The van der Waals surface area contributed by atoms with Gasteiger partial charge in [-0.05, 0) is 12.3 Å². The number of carbonyl (C=O) groups is 2. The Kier molecular flexibility index (Phi) is 9.00. The minimum Gasteiger partial charge on any atom is -0.462 e. The Morgan fingerprint density at radius 3 is 2.39 bits per heavy atom. The molecule has 0 rings (SSSR count). The van der Waals surface area contributed by atoms with Crippen molar-refractivity contribution in [3.05, 3.63) is 0 Å². The fourth-order valence-corrected chi connectivity index (χ4v) is 1.21. The van der Waals surface area contributed by atoms with E-state index in [9.17, 15) is 9.59 Å². The molecular weight excluding hydrogens is 238 g/mol. The fraction of sp³-hybridized carbons (Fsp3) is 0.833. The van der Waals surface area contributed by atoms with Gasteiger partial charge in [0, 0.05) is 0 Å². The maximum atomic E-state index is 11.6. The van der Waals surface area contributed by atoms with Crippen molar-refractivity contribution in [1.29, 1.82) is 0 Å². The fourth-order valence-electron chi connectivity index (χ4n) is 1.21. The summed E-state index contributed by atoms with van der Waals surface area (Å²) >= 11 is 0. The number of ether oxygens (including phenoxy) is 2. The van der Waals surface area contributed by atoms with Crippen LogP contribution in [0.25, 0.3) is 0 Å². The predicted molar refractivity (Wildman–Crippen MR) is 66.1 cm³/mol. The van der Waals surface area contributed by atoms with Gasteiger partial charge < -0.3 is 19.9 Å². The van der Waals surface area contributed by atoms with Crippen LogP contribution in [-0.2, 0) is 14.3 Å². The second kappa shape index (κ2) is 9.70. The van der Waals surface area contributed by atoms with Gasteiger partial charge >= 0.3 is 12.1 Å². The number of alkyl carbamates (subject to hydrolysis) is 1. The van der Waals surface area contributed by atoms with Crippen LogP contribution in [0.15, 0.2) is 0 Å². The first kappa shape index (κ1) is 16.7. The van der Waals surface area contributed by atoms with Crippen LogP contribution in [0.5, 0.6) is 0 Å². The van der Waals surface area contributed by atoms with Crippen LogP contribution in [0.3, 0.4) is 0 Å².